The van der Waals surface area contributed by atoms with Gasteiger partial charge >= 0.3 is 0 Å². The van der Waals surface area contributed by atoms with Gasteiger partial charge in [-0.2, -0.15) is 20.2 Å². The number of fused-ring (bicyclic) bond motifs is 2. The van der Waals surface area contributed by atoms with Crippen LogP contribution in [0.25, 0.3) is 0 Å². The number of guanidine groups is 4. The van der Waals surface area contributed by atoms with Crippen molar-refractivity contribution < 1.29 is 9.59 Å². The number of hydrogen-bond donors (Lipinski definition) is 8. The average Bonchev–Trinajstić information content (AvgIpc) is 3.95. The van der Waals surface area contributed by atoms with Crippen molar-refractivity contribution in [2.75, 3.05) is 39.3 Å². The largest absolute Gasteiger partial charge is 0.353 e. The SMILES string of the molecule is O=CC1c2ccccc2C(C=O)c2c1ccc(C=NNC1=NCC(NNC3=NCCN3)=N1)c2C=NNC1=NCC(NNC2=NCCN2)=N1. The number of aldehydes is 2. The van der Waals surface area contributed by atoms with Crippen LogP contribution in [0.5, 0.6) is 0 Å². The van der Waals surface area contributed by atoms with E-state index in [1.807, 2.05) is 36.4 Å². The van der Waals surface area contributed by atoms with E-state index in [0.29, 0.717) is 78.4 Å². The second-order valence-electron chi connectivity index (χ2n) is 10.9. The van der Waals surface area contributed by atoms with E-state index in [0.717, 1.165) is 42.4 Å². The summed E-state index contributed by atoms with van der Waals surface area (Å²) in [5.74, 6) is 1.91. The summed E-state index contributed by atoms with van der Waals surface area (Å²) in [5.41, 5.74) is 21.8. The monoisotopic (exact) mass is 648 g/mol. The van der Waals surface area contributed by atoms with Gasteiger partial charge in [-0.15, -0.1) is 0 Å². The fourth-order valence-corrected chi connectivity index (χ4v) is 5.73. The molecule has 4 heterocycles. The number of carbonyl (C=O) groups is 2. The third-order valence-electron chi connectivity index (χ3n) is 7.90. The number of nitrogens with one attached hydrogen (secondary N) is 8. The lowest BCUT2D eigenvalue weighted by Gasteiger charge is -2.31. The molecule has 2 unspecified atom stereocenters. The van der Waals surface area contributed by atoms with Crippen molar-refractivity contribution in [2.24, 2.45) is 40.2 Å². The van der Waals surface area contributed by atoms with Crippen molar-refractivity contribution in [3.8, 4) is 0 Å². The summed E-state index contributed by atoms with van der Waals surface area (Å²) in [7, 11) is 0. The van der Waals surface area contributed by atoms with Gasteiger partial charge in [0.2, 0.25) is 23.8 Å². The van der Waals surface area contributed by atoms with Crippen LogP contribution in [0.3, 0.4) is 0 Å². The van der Waals surface area contributed by atoms with Gasteiger partial charge in [-0.05, 0) is 22.3 Å². The maximum Gasteiger partial charge on any atom is 0.241 e. The van der Waals surface area contributed by atoms with Crippen LogP contribution in [0, 0.1) is 0 Å². The van der Waals surface area contributed by atoms with Crippen LogP contribution < -0.4 is 43.2 Å². The highest BCUT2D eigenvalue weighted by atomic mass is 16.1. The smallest absolute Gasteiger partial charge is 0.241 e. The zero-order valence-electron chi connectivity index (χ0n) is 25.6. The molecule has 2 aromatic carbocycles. The molecule has 0 saturated heterocycles. The third-order valence-corrected chi connectivity index (χ3v) is 7.90. The van der Waals surface area contributed by atoms with Crippen LogP contribution >= 0.6 is 0 Å². The highest BCUT2D eigenvalue weighted by Gasteiger charge is 2.34. The van der Waals surface area contributed by atoms with E-state index in [1.165, 1.54) is 0 Å². The van der Waals surface area contributed by atoms with Crippen molar-refractivity contribution in [2.45, 2.75) is 11.8 Å². The van der Waals surface area contributed by atoms with Crippen molar-refractivity contribution in [1.29, 1.82) is 0 Å². The Kier molecular flexibility index (Phi) is 8.74. The number of carbonyl (C=O) groups excluding carboxylic acids is 2. The second kappa shape index (κ2) is 13.9. The number of amidine groups is 2. The maximum absolute atomic E-state index is 12.7. The normalized spacial score (nSPS) is 20.7. The summed E-state index contributed by atoms with van der Waals surface area (Å²) >= 11 is 0. The predicted octanol–water partition coefficient (Wildman–Crippen LogP) is -1.85. The summed E-state index contributed by atoms with van der Waals surface area (Å²) in [6, 6.07) is 11.2. The number of aliphatic imine (C=N–C) groups is 6. The molecule has 0 amide bonds. The van der Waals surface area contributed by atoms with Gasteiger partial charge in [0.1, 0.15) is 37.3 Å². The first kappa shape index (κ1) is 30.2. The summed E-state index contributed by atoms with van der Waals surface area (Å²) in [4.78, 5) is 51.1. The Hall–Kier alpha value is -6.46. The Bertz CT molecular complexity index is 1860. The van der Waals surface area contributed by atoms with Gasteiger partial charge in [0, 0.05) is 24.2 Å². The van der Waals surface area contributed by atoms with E-state index >= 15 is 0 Å². The van der Waals surface area contributed by atoms with E-state index in [4.69, 9.17) is 0 Å². The third kappa shape index (κ3) is 6.43. The minimum Gasteiger partial charge on any atom is -0.353 e. The minimum atomic E-state index is -0.630. The van der Waals surface area contributed by atoms with Gasteiger partial charge in [0.25, 0.3) is 0 Å². The molecule has 18 nitrogen and oxygen atoms in total. The lowest BCUT2D eigenvalue weighted by molar-refractivity contribution is -0.109. The van der Waals surface area contributed by atoms with Crippen LogP contribution in [0.15, 0.2) is 76.6 Å². The van der Waals surface area contributed by atoms with Crippen molar-refractivity contribution in [1.82, 2.24) is 43.2 Å². The summed E-state index contributed by atoms with van der Waals surface area (Å²) < 4.78 is 0. The molecule has 4 aliphatic heterocycles. The minimum absolute atomic E-state index is 0.299. The van der Waals surface area contributed by atoms with Crippen LogP contribution in [-0.4, -0.2) is 99.8 Å². The molecule has 2 aromatic rings. The van der Waals surface area contributed by atoms with Crippen molar-refractivity contribution >= 4 is 60.5 Å². The summed E-state index contributed by atoms with van der Waals surface area (Å²) in [6.45, 7) is 3.63. The average molecular weight is 649 g/mol. The molecule has 18 heteroatoms. The molecule has 0 spiro atoms. The van der Waals surface area contributed by atoms with Gasteiger partial charge in [0.15, 0.2) is 0 Å². The molecule has 5 aliphatic rings. The van der Waals surface area contributed by atoms with Gasteiger partial charge in [-0.25, -0.2) is 20.8 Å². The molecular formula is C30H32N16O2. The first-order chi connectivity index (χ1) is 23.7. The molecule has 244 valence electrons. The van der Waals surface area contributed by atoms with Crippen LogP contribution in [0.2, 0.25) is 0 Å². The quantitative estimate of drug-likeness (QED) is 0.0991. The Balaban J connectivity index is 1.12. The molecule has 0 fully saturated rings. The topological polar surface area (TPSA) is 229 Å². The number of nitrogens with zero attached hydrogens (tertiary/aromatic N) is 8. The van der Waals surface area contributed by atoms with E-state index < -0.39 is 11.8 Å². The van der Waals surface area contributed by atoms with Gasteiger partial charge in [0.05, 0.1) is 37.4 Å². The molecular weight excluding hydrogens is 616 g/mol. The lowest BCUT2D eigenvalue weighted by Crippen LogP contribution is -2.46. The molecule has 1 aliphatic carbocycles. The van der Waals surface area contributed by atoms with Gasteiger partial charge in [-0.1, -0.05) is 36.4 Å². The molecule has 7 rings (SSSR count). The molecule has 0 radical (unpaired) electrons. The first-order valence-corrected chi connectivity index (χ1v) is 15.3. The number of hydrogen-bond acceptors (Lipinski definition) is 18. The van der Waals surface area contributed by atoms with E-state index in [1.54, 1.807) is 12.4 Å². The Morgan fingerprint density at radius 1 is 0.667 bits per heavy atom. The Morgan fingerprint density at radius 2 is 1.25 bits per heavy atom. The fraction of sp³-hybridized carbons (Fsp3) is 0.267. The van der Waals surface area contributed by atoms with Crippen LogP contribution in [-0.2, 0) is 9.59 Å². The molecule has 48 heavy (non-hydrogen) atoms. The van der Waals surface area contributed by atoms with E-state index in [2.05, 4.69) is 83.3 Å². The Labute approximate surface area is 274 Å². The number of benzene rings is 2. The lowest BCUT2D eigenvalue weighted by atomic mass is 9.71. The van der Waals surface area contributed by atoms with E-state index in [-0.39, 0.29) is 0 Å². The first-order valence-electron chi connectivity index (χ1n) is 15.3. The van der Waals surface area contributed by atoms with Gasteiger partial charge < -0.3 is 20.2 Å². The zero-order valence-corrected chi connectivity index (χ0v) is 25.6. The fourth-order valence-electron chi connectivity index (χ4n) is 5.73. The molecule has 2 atom stereocenters. The number of rotatable bonds is 6. The molecule has 8 N–H and O–H groups in total. The number of hydrazine groups is 2. The predicted molar refractivity (Wildman–Crippen MR) is 183 cm³/mol. The molecule has 0 saturated carbocycles. The van der Waals surface area contributed by atoms with Crippen molar-refractivity contribution in [3.05, 3.63) is 69.8 Å². The summed E-state index contributed by atoms with van der Waals surface area (Å²) in [5, 5.41) is 15.0. The zero-order chi connectivity index (χ0) is 32.7. The van der Waals surface area contributed by atoms with Crippen LogP contribution in [0.1, 0.15) is 45.2 Å². The van der Waals surface area contributed by atoms with Crippen LogP contribution in [0.4, 0.5) is 0 Å². The molecule has 0 aromatic heterocycles. The standard InChI is InChI=1S/C30H32N16O2/c47-15-22-18-3-1-2-4-19(18)23(16-48)26-20(22)6-5-17(11-37-43-29-35-13-24(39-29)41-45-27-31-7-8-32-27)21(26)12-38-44-30-36-14-25(40-30)42-46-28-33-9-10-34-28/h1-6,11-12,15-16,22-23H,7-10,13-14H2,(H2,31,32,45)(H2,33,34,46)(H2,35,39,41,43)(H2,36,40,42,44). The van der Waals surface area contributed by atoms with Crippen molar-refractivity contribution in [3.63, 3.8) is 0 Å². The van der Waals surface area contributed by atoms with E-state index in [9.17, 15) is 9.59 Å². The second-order valence-corrected chi connectivity index (χ2v) is 10.9. The number of hydrazone groups is 2. The highest BCUT2D eigenvalue weighted by Crippen LogP contribution is 2.43. The van der Waals surface area contributed by atoms with Gasteiger partial charge in [-0.3, -0.25) is 31.7 Å². The maximum atomic E-state index is 12.7. The highest BCUT2D eigenvalue weighted by molar-refractivity contribution is 6.05. The molecule has 0 bridgehead atoms. The Morgan fingerprint density at radius 3 is 1.81 bits per heavy atom. The summed E-state index contributed by atoms with van der Waals surface area (Å²) in [6.07, 6.45) is 4.97.